The molecule has 28 heavy (non-hydrogen) atoms. The first-order valence-corrected chi connectivity index (χ1v) is 15.1. The normalized spacial score (nSPS) is 26.6. The highest BCUT2D eigenvalue weighted by Gasteiger charge is 2.49. The molecule has 1 saturated heterocycles. The van der Waals surface area contributed by atoms with Gasteiger partial charge in [-0.1, -0.05) is 56.3 Å². The smallest absolute Gasteiger partial charge is 0.184 e. The van der Waals surface area contributed by atoms with Crippen molar-refractivity contribution in [3.63, 3.8) is 0 Å². The van der Waals surface area contributed by atoms with Gasteiger partial charge in [-0.25, -0.2) is 0 Å². The maximum Gasteiger partial charge on any atom is 0.184 e. The minimum Gasteiger partial charge on any atom is -0.497 e. The maximum absolute atomic E-state index is 6.95. The number of methoxy groups -OCH3 is 1. The Morgan fingerprint density at radius 1 is 0.929 bits per heavy atom. The second kappa shape index (κ2) is 8.86. The number of hydrogen-bond acceptors (Lipinski definition) is 4. The molecule has 2 unspecified atom stereocenters. The quantitative estimate of drug-likeness (QED) is 0.453. The van der Waals surface area contributed by atoms with E-state index in [1.165, 1.54) is 17.5 Å². The van der Waals surface area contributed by atoms with Crippen molar-refractivity contribution in [2.45, 2.75) is 60.6 Å². The second-order valence-corrected chi connectivity index (χ2v) is 16.6. The van der Waals surface area contributed by atoms with E-state index in [0.717, 1.165) is 5.75 Å². The topological polar surface area (TPSA) is 18.5 Å². The van der Waals surface area contributed by atoms with Gasteiger partial charge in [-0.2, -0.15) is 0 Å². The third-order valence-corrected chi connectivity index (χ3v) is 9.14. The van der Waals surface area contributed by atoms with Crippen molar-refractivity contribution in [2.24, 2.45) is 0 Å². The summed E-state index contributed by atoms with van der Waals surface area (Å²) in [5.74, 6) is 0.884. The van der Waals surface area contributed by atoms with Gasteiger partial charge in [0.2, 0.25) is 0 Å². The van der Waals surface area contributed by atoms with Crippen LogP contribution in [-0.2, 0) is 8.51 Å². The molecule has 1 heterocycles. The Kier molecular flexibility index (Phi) is 6.91. The van der Waals surface area contributed by atoms with Gasteiger partial charge in [0.1, 0.15) is 9.83 Å². The molecule has 1 aliphatic rings. The first-order valence-electron chi connectivity index (χ1n) is 9.96. The number of thioether (sulfide) groups is 2. The van der Waals surface area contributed by atoms with Crippen LogP contribution in [0.5, 0.6) is 5.75 Å². The molecule has 0 aromatic heterocycles. The summed E-state index contributed by atoms with van der Waals surface area (Å²) in [5.41, 5.74) is 2.58. The lowest BCUT2D eigenvalue weighted by molar-refractivity contribution is 0.182. The van der Waals surface area contributed by atoms with E-state index in [1.54, 1.807) is 7.11 Å². The first kappa shape index (κ1) is 21.8. The molecule has 0 amide bonds. The summed E-state index contributed by atoms with van der Waals surface area (Å²) in [6.07, 6.45) is 1.22. The highest BCUT2D eigenvalue weighted by Crippen LogP contribution is 2.63. The molecule has 2 aromatic rings. The summed E-state index contributed by atoms with van der Waals surface area (Å²) in [4.78, 5) is 0. The van der Waals surface area contributed by atoms with Gasteiger partial charge in [0.15, 0.2) is 8.32 Å². The molecule has 0 saturated carbocycles. The van der Waals surface area contributed by atoms with Crippen LogP contribution in [0.4, 0.5) is 0 Å². The molecule has 1 fully saturated rings. The highest BCUT2D eigenvalue weighted by molar-refractivity contribution is 8.18. The Hall–Kier alpha value is -0.883. The van der Waals surface area contributed by atoms with Crippen molar-refractivity contribution in [2.75, 3.05) is 7.11 Å². The van der Waals surface area contributed by atoms with Crippen molar-refractivity contribution < 1.29 is 9.16 Å². The van der Waals surface area contributed by atoms with E-state index in [4.69, 9.17) is 9.16 Å². The zero-order valence-electron chi connectivity index (χ0n) is 17.8. The molecule has 5 heteroatoms. The first-order chi connectivity index (χ1) is 13.2. The summed E-state index contributed by atoms with van der Waals surface area (Å²) < 4.78 is 12.2. The number of benzene rings is 2. The molecular formula is C23H32O2S2Si. The Morgan fingerprint density at radius 2 is 1.50 bits per heavy atom. The average molecular weight is 433 g/mol. The van der Waals surface area contributed by atoms with E-state index >= 15 is 0 Å². The van der Waals surface area contributed by atoms with E-state index < -0.39 is 8.32 Å². The van der Waals surface area contributed by atoms with E-state index in [0.29, 0.717) is 10.5 Å². The summed E-state index contributed by atoms with van der Waals surface area (Å²) in [6, 6.07) is 19.4. The maximum atomic E-state index is 6.95. The largest absolute Gasteiger partial charge is 0.497 e. The fourth-order valence-electron chi connectivity index (χ4n) is 3.77. The Labute approximate surface area is 179 Å². The number of rotatable bonds is 6. The van der Waals surface area contributed by atoms with Crippen molar-refractivity contribution in [1.29, 1.82) is 0 Å². The van der Waals surface area contributed by atoms with Crippen LogP contribution in [0, 0.1) is 0 Å². The van der Waals surface area contributed by atoms with Crippen LogP contribution in [0.15, 0.2) is 54.6 Å². The van der Waals surface area contributed by atoms with Crippen LogP contribution in [0.25, 0.3) is 0 Å². The minimum absolute atomic E-state index is 0.00678. The van der Waals surface area contributed by atoms with Crippen LogP contribution >= 0.6 is 23.5 Å². The van der Waals surface area contributed by atoms with E-state index in [9.17, 15) is 0 Å². The minimum atomic E-state index is -1.79. The third-order valence-electron chi connectivity index (χ3n) is 4.83. The summed E-state index contributed by atoms with van der Waals surface area (Å²) in [7, 11) is -0.0758. The van der Waals surface area contributed by atoms with Gasteiger partial charge < -0.3 is 9.16 Å². The fraction of sp³-hybridized carbons (Fsp3) is 0.478. The van der Waals surface area contributed by atoms with Crippen molar-refractivity contribution in [1.82, 2.24) is 0 Å². The molecule has 0 N–H and O–H groups in total. The third kappa shape index (κ3) is 4.99. The van der Waals surface area contributed by atoms with E-state index in [2.05, 4.69) is 112 Å². The van der Waals surface area contributed by atoms with Crippen LogP contribution in [0.3, 0.4) is 0 Å². The van der Waals surface area contributed by atoms with Crippen LogP contribution in [0.1, 0.15) is 37.5 Å². The molecule has 0 bridgehead atoms. The Morgan fingerprint density at radius 3 is 2.00 bits per heavy atom. The molecule has 3 rings (SSSR count). The summed E-state index contributed by atoms with van der Waals surface area (Å²) >= 11 is 4.15. The van der Waals surface area contributed by atoms with Gasteiger partial charge in [-0.15, -0.1) is 23.5 Å². The predicted octanol–water partition coefficient (Wildman–Crippen LogP) is 7.09. The van der Waals surface area contributed by atoms with Crippen molar-refractivity contribution in [3.05, 3.63) is 65.7 Å². The average Bonchev–Trinajstić information content (AvgIpc) is 2.65. The predicted molar refractivity (Wildman–Crippen MR) is 127 cm³/mol. The van der Waals surface area contributed by atoms with Gasteiger partial charge >= 0.3 is 0 Å². The van der Waals surface area contributed by atoms with Gasteiger partial charge in [0.25, 0.3) is 0 Å². The molecule has 152 valence electrons. The van der Waals surface area contributed by atoms with Crippen LogP contribution in [-0.4, -0.2) is 25.9 Å². The van der Waals surface area contributed by atoms with Crippen LogP contribution in [0.2, 0.25) is 19.6 Å². The lowest BCUT2D eigenvalue weighted by Gasteiger charge is -2.48. The summed E-state index contributed by atoms with van der Waals surface area (Å²) in [6.45, 7) is 11.6. The zero-order valence-corrected chi connectivity index (χ0v) is 20.4. The SMILES string of the molecule is COc1ccc(C(O[Si](C)(C)C)C2(c3ccccc3)S[C@H](C)C[C@H](C)S2)cc1. The fourth-order valence-corrected chi connectivity index (χ4v) is 9.41. The molecule has 2 aromatic carbocycles. The molecule has 0 aliphatic carbocycles. The number of ether oxygens (including phenoxy) is 1. The van der Waals surface area contributed by atoms with E-state index in [1.807, 2.05) is 0 Å². The molecule has 2 nitrogen and oxygen atoms in total. The van der Waals surface area contributed by atoms with Gasteiger partial charge in [-0.05, 0) is 49.3 Å². The van der Waals surface area contributed by atoms with Crippen molar-refractivity contribution in [3.8, 4) is 5.75 Å². The molecule has 0 radical (unpaired) electrons. The molecule has 0 spiro atoms. The standard InChI is InChI=1S/C23H32O2S2Si/c1-17-16-18(2)27-23(26-17,20-10-8-7-9-11-20)22(25-28(4,5)6)19-12-14-21(24-3)15-13-19/h7-15,17-18,22H,16H2,1-6H3/t17-,18+,22?,23?. The second-order valence-electron chi connectivity index (χ2n) is 8.51. The van der Waals surface area contributed by atoms with Crippen LogP contribution < -0.4 is 4.74 Å². The zero-order chi connectivity index (χ0) is 20.4. The lowest BCUT2D eigenvalue weighted by Crippen LogP contribution is -2.41. The van der Waals surface area contributed by atoms with Gasteiger partial charge in [0, 0.05) is 10.5 Å². The Bertz CT molecular complexity index is 748. The molecular weight excluding hydrogens is 400 g/mol. The van der Waals surface area contributed by atoms with Crippen molar-refractivity contribution >= 4 is 31.8 Å². The summed E-state index contributed by atoms with van der Waals surface area (Å²) in [5, 5.41) is 1.17. The Balaban J connectivity index is 2.15. The van der Waals surface area contributed by atoms with Gasteiger partial charge in [0.05, 0.1) is 13.2 Å². The lowest BCUT2D eigenvalue weighted by atomic mass is 10.00. The number of hydrogen-bond donors (Lipinski definition) is 0. The van der Waals surface area contributed by atoms with E-state index in [-0.39, 0.29) is 10.2 Å². The molecule has 4 atom stereocenters. The monoisotopic (exact) mass is 432 g/mol. The highest BCUT2D eigenvalue weighted by atomic mass is 32.2. The van der Waals surface area contributed by atoms with Gasteiger partial charge in [-0.3, -0.25) is 0 Å². The molecule has 1 aliphatic heterocycles.